The van der Waals surface area contributed by atoms with Gasteiger partial charge in [0, 0.05) is 30.9 Å². The van der Waals surface area contributed by atoms with Gasteiger partial charge in [0.05, 0.1) is 11.3 Å². The molecular weight excluding hydrogens is 380 g/mol. The Balaban J connectivity index is 1.73. The van der Waals surface area contributed by atoms with E-state index in [1.165, 1.54) is 0 Å². The van der Waals surface area contributed by atoms with Crippen LogP contribution < -0.4 is 0 Å². The smallest absolute Gasteiger partial charge is 0.196 e. The lowest BCUT2D eigenvalue weighted by Crippen LogP contribution is -2.00. The summed E-state index contributed by atoms with van der Waals surface area (Å²) in [6, 6.07) is 13.9. The van der Waals surface area contributed by atoms with Crippen molar-refractivity contribution >= 4 is 23.4 Å². The summed E-state index contributed by atoms with van der Waals surface area (Å²) in [6.07, 6.45) is 3.75. The molecule has 0 aliphatic carbocycles. The lowest BCUT2D eigenvalue weighted by molar-refractivity contribution is 0.756. The lowest BCUT2D eigenvalue weighted by Gasteiger charge is -2.09. The van der Waals surface area contributed by atoms with Crippen LogP contribution >= 0.6 is 23.4 Å². The van der Waals surface area contributed by atoms with E-state index in [0.29, 0.717) is 5.15 Å². The monoisotopic (exact) mass is 396 g/mol. The molecule has 3 heterocycles. The summed E-state index contributed by atoms with van der Waals surface area (Å²) in [5.41, 5.74) is 3.97. The Morgan fingerprint density at radius 1 is 1.07 bits per heavy atom. The summed E-state index contributed by atoms with van der Waals surface area (Å²) < 4.78 is 3.86. The summed E-state index contributed by atoms with van der Waals surface area (Å²) in [6.45, 7) is 1.98. The first-order valence-electron chi connectivity index (χ1n) is 8.36. The number of aromatic nitrogens is 6. The van der Waals surface area contributed by atoms with E-state index in [1.807, 2.05) is 56.6 Å². The molecule has 0 saturated carbocycles. The second-order valence-corrected chi connectivity index (χ2v) is 7.39. The number of hydrogen-bond acceptors (Lipinski definition) is 5. The second kappa shape index (κ2) is 7.54. The lowest BCUT2D eigenvalue weighted by atomic mass is 10.2. The predicted molar refractivity (Wildman–Crippen MR) is 107 cm³/mol. The highest BCUT2D eigenvalue weighted by molar-refractivity contribution is 7.98. The number of halogens is 1. The van der Waals surface area contributed by atoms with E-state index in [1.54, 1.807) is 28.7 Å². The Morgan fingerprint density at radius 3 is 2.56 bits per heavy atom. The molecule has 3 aromatic heterocycles. The number of pyridine rings is 1. The number of para-hydroxylation sites is 1. The first kappa shape index (κ1) is 17.8. The van der Waals surface area contributed by atoms with Crippen LogP contribution in [0.3, 0.4) is 0 Å². The number of hydrogen-bond donors (Lipinski definition) is 0. The van der Waals surface area contributed by atoms with Gasteiger partial charge in [-0.15, -0.1) is 10.2 Å². The summed E-state index contributed by atoms with van der Waals surface area (Å²) in [5.74, 6) is 1.50. The zero-order valence-corrected chi connectivity index (χ0v) is 16.4. The zero-order chi connectivity index (χ0) is 18.8. The molecule has 0 N–H and O–H groups in total. The average molecular weight is 397 g/mol. The Bertz CT molecular complexity index is 1060. The summed E-state index contributed by atoms with van der Waals surface area (Å²) in [7, 11) is 1.91. The van der Waals surface area contributed by atoms with Gasteiger partial charge < -0.3 is 0 Å². The maximum atomic E-state index is 5.87. The van der Waals surface area contributed by atoms with Crippen LogP contribution in [-0.2, 0) is 12.8 Å². The number of benzene rings is 1. The molecule has 0 saturated heterocycles. The van der Waals surface area contributed by atoms with Crippen molar-refractivity contribution in [3.8, 4) is 17.1 Å². The van der Waals surface area contributed by atoms with Gasteiger partial charge in [-0.25, -0.2) is 4.98 Å². The maximum Gasteiger partial charge on any atom is 0.196 e. The molecule has 4 rings (SSSR count). The van der Waals surface area contributed by atoms with Gasteiger partial charge in [0.1, 0.15) is 5.15 Å². The molecule has 8 heteroatoms. The highest BCUT2D eigenvalue weighted by Gasteiger charge is 2.19. The largest absolute Gasteiger partial charge is 0.275 e. The quantitative estimate of drug-likeness (QED) is 0.371. The van der Waals surface area contributed by atoms with Gasteiger partial charge in [-0.05, 0) is 30.7 Å². The van der Waals surface area contributed by atoms with Crippen LogP contribution in [0.5, 0.6) is 0 Å². The molecular formula is C19H17ClN6S. The molecule has 0 aliphatic heterocycles. The fourth-order valence-electron chi connectivity index (χ4n) is 2.81. The Hall–Kier alpha value is -2.64. The minimum absolute atomic E-state index is 0.491. The number of aryl methyl sites for hydroxylation is 2. The molecule has 0 unspecified atom stereocenters. The van der Waals surface area contributed by atoms with Crippen molar-refractivity contribution in [1.29, 1.82) is 0 Å². The van der Waals surface area contributed by atoms with Gasteiger partial charge in [-0.2, -0.15) is 5.10 Å². The van der Waals surface area contributed by atoms with Crippen molar-refractivity contribution in [2.45, 2.75) is 17.8 Å². The number of thioether (sulfide) groups is 1. The number of nitrogens with zero attached hydrogens (tertiary/aromatic N) is 6. The Morgan fingerprint density at radius 2 is 1.89 bits per heavy atom. The molecule has 0 spiro atoms. The van der Waals surface area contributed by atoms with Gasteiger partial charge in [-0.1, -0.05) is 47.6 Å². The van der Waals surface area contributed by atoms with Gasteiger partial charge >= 0.3 is 0 Å². The molecule has 0 atom stereocenters. The van der Waals surface area contributed by atoms with Crippen molar-refractivity contribution in [3.63, 3.8) is 0 Å². The van der Waals surface area contributed by atoms with Gasteiger partial charge in [0.2, 0.25) is 0 Å². The molecule has 0 bridgehead atoms. The van der Waals surface area contributed by atoms with E-state index < -0.39 is 0 Å². The third-order valence-corrected chi connectivity index (χ3v) is 5.28. The fourth-order valence-corrected chi connectivity index (χ4v) is 3.80. The van der Waals surface area contributed by atoms with Crippen molar-refractivity contribution in [2.24, 2.45) is 7.05 Å². The van der Waals surface area contributed by atoms with Crippen molar-refractivity contribution in [1.82, 2.24) is 29.5 Å². The second-order valence-electron chi connectivity index (χ2n) is 6.06. The molecule has 0 aliphatic rings. The SMILES string of the molecule is Cc1nn(C)cc1-c1nnc(SCc2ccc(Cl)nc2)n1-c1ccccc1. The molecule has 27 heavy (non-hydrogen) atoms. The summed E-state index contributed by atoms with van der Waals surface area (Å²) in [4.78, 5) is 4.14. The van der Waals surface area contributed by atoms with Gasteiger partial charge in [0.15, 0.2) is 11.0 Å². The van der Waals surface area contributed by atoms with E-state index in [4.69, 9.17) is 11.6 Å². The Labute approximate surface area is 166 Å². The van der Waals surface area contributed by atoms with Gasteiger partial charge in [-0.3, -0.25) is 9.25 Å². The molecule has 6 nitrogen and oxygen atoms in total. The third-order valence-electron chi connectivity index (χ3n) is 4.06. The molecule has 136 valence electrons. The van der Waals surface area contributed by atoms with Crippen molar-refractivity contribution in [2.75, 3.05) is 0 Å². The standard InChI is InChI=1S/C19H17ClN6S/c1-13-16(11-25(2)24-13)18-22-23-19(26(18)15-6-4-3-5-7-15)27-12-14-8-9-17(20)21-10-14/h3-11H,12H2,1-2H3. The maximum absolute atomic E-state index is 5.87. The van der Waals surface area contributed by atoms with E-state index in [2.05, 4.69) is 24.8 Å². The van der Waals surface area contributed by atoms with E-state index in [9.17, 15) is 0 Å². The molecule has 0 radical (unpaired) electrons. The first-order chi connectivity index (χ1) is 13.1. The molecule has 1 aromatic carbocycles. The van der Waals surface area contributed by atoms with E-state index in [-0.39, 0.29) is 0 Å². The molecule has 0 amide bonds. The number of rotatable bonds is 5. The summed E-state index contributed by atoms with van der Waals surface area (Å²) >= 11 is 7.48. The highest BCUT2D eigenvalue weighted by atomic mass is 35.5. The van der Waals surface area contributed by atoms with Crippen LogP contribution in [0.15, 0.2) is 60.0 Å². The third kappa shape index (κ3) is 3.74. The van der Waals surface area contributed by atoms with E-state index >= 15 is 0 Å². The highest BCUT2D eigenvalue weighted by Crippen LogP contribution is 2.30. The van der Waals surface area contributed by atoms with Crippen LogP contribution in [0, 0.1) is 6.92 Å². The minimum atomic E-state index is 0.491. The minimum Gasteiger partial charge on any atom is -0.275 e. The molecule has 4 aromatic rings. The normalized spacial score (nSPS) is 11.1. The van der Waals surface area contributed by atoms with Crippen LogP contribution in [-0.4, -0.2) is 29.5 Å². The van der Waals surface area contributed by atoms with E-state index in [0.717, 1.165) is 39.2 Å². The first-order valence-corrected chi connectivity index (χ1v) is 9.73. The zero-order valence-electron chi connectivity index (χ0n) is 14.9. The van der Waals surface area contributed by atoms with Crippen LogP contribution in [0.1, 0.15) is 11.3 Å². The topological polar surface area (TPSA) is 61.4 Å². The van der Waals surface area contributed by atoms with Crippen LogP contribution in [0.4, 0.5) is 0 Å². The van der Waals surface area contributed by atoms with Crippen LogP contribution in [0.25, 0.3) is 17.1 Å². The average Bonchev–Trinajstić information content (AvgIpc) is 3.24. The fraction of sp³-hybridized carbons (Fsp3) is 0.158. The molecule has 0 fully saturated rings. The summed E-state index contributed by atoms with van der Waals surface area (Å²) in [5, 5.41) is 14.7. The van der Waals surface area contributed by atoms with Gasteiger partial charge in [0.25, 0.3) is 0 Å². The van der Waals surface area contributed by atoms with Crippen LogP contribution in [0.2, 0.25) is 5.15 Å². The van der Waals surface area contributed by atoms with Crippen molar-refractivity contribution in [3.05, 3.63) is 71.3 Å². The van der Waals surface area contributed by atoms with Crippen molar-refractivity contribution < 1.29 is 0 Å². The predicted octanol–water partition coefficient (Wildman–Crippen LogP) is 4.32. The Kier molecular flexibility index (Phi) is 4.96.